The van der Waals surface area contributed by atoms with E-state index >= 15 is 0 Å². The zero-order chi connectivity index (χ0) is 19.1. The molecular weight excluding hydrogens is 328 g/mol. The summed E-state index contributed by atoms with van der Waals surface area (Å²) in [6.45, 7) is 8.87. The monoisotopic (exact) mass is 354 g/mol. The van der Waals surface area contributed by atoms with Gasteiger partial charge in [-0.2, -0.15) is 0 Å². The Morgan fingerprint density at radius 3 is 2.58 bits per heavy atom. The fraction of sp³-hybridized carbons (Fsp3) is 0.444. The summed E-state index contributed by atoms with van der Waals surface area (Å²) >= 11 is 0. The third-order valence-electron chi connectivity index (χ3n) is 4.80. The van der Waals surface area contributed by atoms with E-state index in [4.69, 9.17) is 10.7 Å². The molecule has 0 saturated heterocycles. The fourth-order valence-electron chi connectivity index (χ4n) is 2.72. The molecule has 0 saturated carbocycles. The first kappa shape index (κ1) is 17.9. The highest BCUT2D eigenvalue weighted by molar-refractivity contribution is 5.90. The van der Waals surface area contributed by atoms with Gasteiger partial charge in [-0.15, -0.1) is 0 Å². The van der Waals surface area contributed by atoms with Gasteiger partial charge in [0.1, 0.15) is 29.3 Å². The number of aryl methyl sites for hydroxylation is 1. The van der Waals surface area contributed by atoms with Crippen LogP contribution in [0.3, 0.4) is 0 Å². The number of nitrogens with zero attached hydrogens (tertiary/aromatic N) is 6. The van der Waals surface area contributed by atoms with Crippen LogP contribution in [-0.4, -0.2) is 37.6 Å². The molecule has 0 aromatic carbocycles. The molecule has 8 nitrogen and oxygen atoms in total. The van der Waals surface area contributed by atoms with Gasteiger partial charge in [-0.3, -0.25) is 0 Å². The minimum atomic E-state index is 0.118. The minimum absolute atomic E-state index is 0.118. The zero-order valence-corrected chi connectivity index (χ0v) is 16.1. The first-order valence-electron chi connectivity index (χ1n) is 8.56. The molecule has 3 N–H and O–H groups in total. The summed E-state index contributed by atoms with van der Waals surface area (Å²) in [5, 5.41) is 3.30. The average Bonchev–Trinajstić information content (AvgIpc) is 2.94. The first-order chi connectivity index (χ1) is 12.2. The van der Waals surface area contributed by atoms with Crippen molar-refractivity contribution >= 4 is 34.3 Å². The van der Waals surface area contributed by atoms with E-state index in [-0.39, 0.29) is 5.41 Å². The van der Waals surface area contributed by atoms with Crippen molar-refractivity contribution in [3.63, 3.8) is 0 Å². The number of nitrogens with two attached hydrogens (primary N) is 1. The summed E-state index contributed by atoms with van der Waals surface area (Å²) in [4.78, 5) is 19.6. The molecule has 0 aliphatic rings. The van der Waals surface area contributed by atoms with Gasteiger partial charge >= 0.3 is 0 Å². The molecule has 0 amide bonds. The van der Waals surface area contributed by atoms with Gasteiger partial charge in [0.25, 0.3) is 0 Å². The molecule has 0 radical (unpaired) electrons. The van der Waals surface area contributed by atoms with E-state index in [0.717, 1.165) is 22.7 Å². The third kappa shape index (κ3) is 3.40. The second-order valence-corrected chi connectivity index (χ2v) is 7.66. The molecule has 8 heteroatoms. The van der Waals surface area contributed by atoms with Gasteiger partial charge in [0.05, 0.1) is 12.0 Å². The van der Waals surface area contributed by atoms with Crippen LogP contribution in [-0.2, 0) is 7.05 Å². The smallest absolute Gasteiger partial charge is 0.164 e. The molecule has 3 rings (SSSR count). The highest BCUT2D eigenvalue weighted by atomic mass is 15.2. The summed E-state index contributed by atoms with van der Waals surface area (Å²) in [5.74, 6) is 1.90. The average molecular weight is 354 g/mol. The maximum atomic E-state index is 5.76. The van der Waals surface area contributed by atoms with E-state index in [0.29, 0.717) is 17.7 Å². The van der Waals surface area contributed by atoms with Gasteiger partial charge in [-0.1, -0.05) is 20.8 Å². The van der Waals surface area contributed by atoms with E-state index < -0.39 is 0 Å². The quantitative estimate of drug-likeness (QED) is 0.743. The summed E-state index contributed by atoms with van der Waals surface area (Å²) in [7, 11) is 4.00. The number of anilines is 4. The number of nitrogen functional groups attached to an aromatic ring is 1. The highest BCUT2D eigenvalue weighted by Crippen LogP contribution is 2.31. The Morgan fingerprint density at radius 1 is 1.19 bits per heavy atom. The molecule has 3 aromatic heterocycles. The second-order valence-electron chi connectivity index (χ2n) is 7.66. The predicted octanol–water partition coefficient (Wildman–Crippen LogP) is 2.95. The summed E-state index contributed by atoms with van der Waals surface area (Å²) in [6, 6.07) is 3.98. The van der Waals surface area contributed by atoms with E-state index in [1.807, 2.05) is 17.7 Å². The lowest BCUT2D eigenvalue weighted by Gasteiger charge is -2.36. The van der Waals surface area contributed by atoms with E-state index in [9.17, 15) is 0 Å². The van der Waals surface area contributed by atoms with Gasteiger partial charge < -0.3 is 20.5 Å². The first-order valence-corrected chi connectivity index (χ1v) is 8.56. The van der Waals surface area contributed by atoms with Crippen LogP contribution in [0.1, 0.15) is 27.7 Å². The summed E-state index contributed by atoms with van der Waals surface area (Å²) in [6.07, 6.45) is 3.19. The number of imidazole rings is 1. The number of hydrogen-bond acceptors (Lipinski definition) is 7. The van der Waals surface area contributed by atoms with Crippen molar-refractivity contribution in [1.29, 1.82) is 0 Å². The van der Waals surface area contributed by atoms with Gasteiger partial charge in [0, 0.05) is 32.3 Å². The Hall–Kier alpha value is -2.90. The van der Waals surface area contributed by atoms with Crippen molar-refractivity contribution in [2.24, 2.45) is 12.5 Å². The minimum Gasteiger partial charge on any atom is -0.384 e. The summed E-state index contributed by atoms with van der Waals surface area (Å²) < 4.78 is 1.91. The van der Waals surface area contributed by atoms with Crippen molar-refractivity contribution in [3.05, 3.63) is 24.8 Å². The van der Waals surface area contributed by atoms with Crippen molar-refractivity contribution < 1.29 is 0 Å². The number of rotatable bonds is 4. The van der Waals surface area contributed by atoms with E-state index in [1.165, 1.54) is 6.33 Å². The van der Waals surface area contributed by atoms with Gasteiger partial charge in [-0.05, 0) is 12.3 Å². The van der Waals surface area contributed by atoms with E-state index in [1.54, 1.807) is 12.4 Å². The largest absolute Gasteiger partial charge is 0.384 e. The Labute approximate surface area is 153 Å². The highest BCUT2D eigenvalue weighted by Gasteiger charge is 2.26. The van der Waals surface area contributed by atoms with Crippen molar-refractivity contribution in [2.75, 3.05) is 23.0 Å². The van der Waals surface area contributed by atoms with Crippen molar-refractivity contribution in [1.82, 2.24) is 24.5 Å². The number of nitrogens with one attached hydrogen (secondary N) is 1. The van der Waals surface area contributed by atoms with Crippen molar-refractivity contribution in [2.45, 2.75) is 33.7 Å². The standard InChI is InChI=1S/C18H26N8/c1-11(18(2,3)4)26(6)15-7-12(16-17(24-15)25(5)10-22-16)23-14-8-13(19)20-9-21-14/h7-11H,1-6H3,(H3,19,20,21,23,24)/t11-/m0/s1. The molecule has 0 fully saturated rings. The fourth-order valence-corrected chi connectivity index (χ4v) is 2.72. The number of hydrogen-bond donors (Lipinski definition) is 2. The van der Waals surface area contributed by atoms with Crippen LogP contribution in [0.15, 0.2) is 24.8 Å². The maximum absolute atomic E-state index is 5.76. The van der Waals surface area contributed by atoms with Crippen LogP contribution in [0.4, 0.5) is 23.1 Å². The third-order valence-corrected chi connectivity index (χ3v) is 4.80. The van der Waals surface area contributed by atoms with Crippen LogP contribution in [0, 0.1) is 5.41 Å². The molecule has 138 valence electrons. The Morgan fingerprint density at radius 2 is 1.92 bits per heavy atom. The molecule has 0 unspecified atom stereocenters. The molecule has 0 aliphatic heterocycles. The normalized spacial score (nSPS) is 13.0. The second kappa shape index (κ2) is 6.44. The molecule has 0 bridgehead atoms. The molecule has 26 heavy (non-hydrogen) atoms. The molecule has 0 spiro atoms. The van der Waals surface area contributed by atoms with Gasteiger partial charge in [0.2, 0.25) is 0 Å². The Balaban J connectivity index is 2.07. The number of aromatic nitrogens is 5. The molecule has 3 aromatic rings. The van der Waals surface area contributed by atoms with Crippen LogP contribution >= 0.6 is 0 Å². The lowest BCUT2D eigenvalue weighted by Crippen LogP contribution is -2.39. The van der Waals surface area contributed by atoms with E-state index in [2.05, 4.69) is 59.9 Å². The molecular formula is C18H26N8. The van der Waals surface area contributed by atoms with Crippen LogP contribution < -0.4 is 16.0 Å². The predicted molar refractivity (Wildman–Crippen MR) is 106 cm³/mol. The topological polar surface area (TPSA) is 97.8 Å². The number of fused-ring (bicyclic) bond motifs is 1. The Bertz CT molecular complexity index is 925. The molecule has 0 aliphatic carbocycles. The van der Waals surface area contributed by atoms with Gasteiger partial charge in [0.15, 0.2) is 5.65 Å². The lowest BCUT2D eigenvalue weighted by molar-refractivity contribution is 0.328. The van der Waals surface area contributed by atoms with Crippen LogP contribution in [0.5, 0.6) is 0 Å². The molecule has 1 atom stereocenters. The summed E-state index contributed by atoms with van der Waals surface area (Å²) in [5.41, 5.74) is 8.30. The maximum Gasteiger partial charge on any atom is 0.164 e. The number of pyridine rings is 1. The van der Waals surface area contributed by atoms with Crippen LogP contribution in [0.25, 0.3) is 11.2 Å². The zero-order valence-electron chi connectivity index (χ0n) is 16.1. The van der Waals surface area contributed by atoms with Crippen LogP contribution in [0.2, 0.25) is 0 Å². The van der Waals surface area contributed by atoms with Crippen molar-refractivity contribution in [3.8, 4) is 0 Å². The molecule has 3 heterocycles. The van der Waals surface area contributed by atoms with Gasteiger partial charge in [-0.25, -0.2) is 19.9 Å². The SMILES string of the molecule is C[C@H](N(C)c1cc(Nc2cc(N)ncn2)c2ncn(C)c2n1)C(C)(C)C. The Kier molecular flexibility index (Phi) is 4.43. The lowest BCUT2D eigenvalue weighted by atomic mass is 9.87.